The lowest BCUT2D eigenvalue weighted by Gasteiger charge is -2.17. The van der Waals surface area contributed by atoms with E-state index in [4.69, 9.17) is 15.2 Å². The van der Waals surface area contributed by atoms with E-state index in [9.17, 15) is 0 Å². The Bertz CT molecular complexity index is 341. The molecule has 1 unspecified atom stereocenters. The molecule has 0 aliphatic carbocycles. The average molecular weight is 306 g/mol. The number of halogens is 1. The van der Waals surface area contributed by atoms with Gasteiger partial charge in [-0.1, -0.05) is 0 Å². The van der Waals surface area contributed by atoms with E-state index in [2.05, 4.69) is 34.9 Å². The van der Waals surface area contributed by atoms with Crippen molar-refractivity contribution in [1.82, 2.24) is 9.78 Å². The van der Waals surface area contributed by atoms with Crippen molar-refractivity contribution >= 4 is 15.9 Å². The Balaban J connectivity index is 2.61. The van der Waals surface area contributed by atoms with Gasteiger partial charge in [-0.15, -0.1) is 0 Å². The molecule has 0 aromatic carbocycles. The van der Waals surface area contributed by atoms with Crippen LogP contribution in [0.1, 0.15) is 31.6 Å². The highest BCUT2D eigenvalue weighted by molar-refractivity contribution is 9.10. The summed E-state index contributed by atoms with van der Waals surface area (Å²) in [6, 6.07) is 0.0902. The Kier molecular flexibility index (Phi) is 6.11. The third-order valence-electron chi connectivity index (χ3n) is 2.36. The summed E-state index contributed by atoms with van der Waals surface area (Å²) in [6.07, 6.45) is 1.77. The van der Waals surface area contributed by atoms with E-state index >= 15 is 0 Å². The Hall–Kier alpha value is -0.430. The Labute approximate surface area is 110 Å². The molecule has 0 amide bonds. The molecule has 6 heteroatoms. The van der Waals surface area contributed by atoms with E-state index in [1.54, 1.807) is 13.3 Å². The first-order valence-electron chi connectivity index (χ1n) is 5.63. The lowest BCUT2D eigenvalue weighted by atomic mass is 10.2. The Morgan fingerprint density at radius 1 is 1.47 bits per heavy atom. The van der Waals surface area contributed by atoms with Crippen LogP contribution in [-0.2, 0) is 9.47 Å². The fourth-order valence-corrected chi connectivity index (χ4v) is 2.11. The highest BCUT2D eigenvalue weighted by Gasteiger charge is 2.18. The first-order chi connectivity index (χ1) is 8.07. The molecule has 0 saturated carbocycles. The van der Waals surface area contributed by atoms with Crippen molar-refractivity contribution in [2.24, 2.45) is 5.73 Å². The number of nitrogens with two attached hydrogens (primary N) is 1. The molecule has 5 nitrogen and oxygen atoms in total. The molecule has 0 aliphatic heterocycles. The first kappa shape index (κ1) is 14.6. The van der Waals surface area contributed by atoms with Gasteiger partial charge in [-0.2, -0.15) is 5.10 Å². The van der Waals surface area contributed by atoms with Crippen molar-refractivity contribution in [3.05, 3.63) is 16.4 Å². The normalized spacial score (nSPS) is 13.3. The summed E-state index contributed by atoms with van der Waals surface area (Å²) in [4.78, 5) is 0. The zero-order valence-electron chi connectivity index (χ0n) is 10.5. The smallest absolute Gasteiger partial charge is 0.0720 e. The number of hydrogen-bond donors (Lipinski definition) is 1. The van der Waals surface area contributed by atoms with E-state index in [1.165, 1.54) is 0 Å². The van der Waals surface area contributed by atoms with Crippen LogP contribution in [0.3, 0.4) is 0 Å². The van der Waals surface area contributed by atoms with Gasteiger partial charge in [0.1, 0.15) is 0 Å². The molecule has 0 bridgehead atoms. The van der Waals surface area contributed by atoms with Crippen molar-refractivity contribution in [3.63, 3.8) is 0 Å². The van der Waals surface area contributed by atoms with E-state index in [-0.39, 0.29) is 12.1 Å². The van der Waals surface area contributed by atoms with E-state index in [0.717, 1.165) is 10.2 Å². The second-order valence-corrected chi connectivity index (χ2v) is 4.94. The summed E-state index contributed by atoms with van der Waals surface area (Å²) in [7, 11) is 1.65. The molecule has 98 valence electrons. The molecule has 0 spiro atoms. The van der Waals surface area contributed by atoms with Crippen LogP contribution in [0.15, 0.2) is 10.7 Å². The molecule has 1 atom stereocenters. The molecule has 17 heavy (non-hydrogen) atoms. The van der Waals surface area contributed by atoms with Gasteiger partial charge in [0, 0.05) is 13.2 Å². The van der Waals surface area contributed by atoms with Crippen LogP contribution in [0, 0.1) is 0 Å². The Morgan fingerprint density at radius 3 is 2.76 bits per heavy atom. The third kappa shape index (κ3) is 4.06. The second-order valence-electron chi connectivity index (χ2n) is 4.09. The molecule has 0 saturated heterocycles. The highest BCUT2D eigenvalue weighted by Crippen LogP contribution is 2.24. The zero-order valence-corrected chi connectivity index (χ0v) is 12.1. The number of hydrogen-bond acceptors (Lipinski definition) is 4. The number of ether oxygens (including phenoxy) is 2. The highest BCUT2D eigenvalue weighted by atomic mass is 79.9. The summed E-state index contributed by atoms with van der Waals surface area (Å²) < 4.78 is 13.2. The number of nitrogens with zero attached hydrogens (tertiary/aromatic N) is 2. The largest absolute Gasteiger partial charge is 0.382 e. The van der Waals surface area contributed by atoms with E-state index in [0.29, 0.717) is 19.8 Å². The van der Waals surface area contributed by atoms with Crippen molar-refractivity contribution in [2.75, 3.05) is 26.9 Å². The number of rotatable bonds is 7. The Morgan fingerprint density at radius 2 is 2.18 bits per heavy atom. The maximum Gasteiger partial charge on any atom is 0.0720 e. The van der Waals surface area contributed by atoms with Gasteiger partial charge in [-0.3, -0.25) is 4.68 Å². The van der Waals surface area contributed by atoms with Crippen molar-refractivity contribution in [1.29, 1.82) is 0 Å². The molecular weight excluding hydrogens is 286 g/mol. The quantitative estimate of drug-likeness (QED) is 0.781. The van der Waals surface area contributed by atoms with Gasteiger partial charge in [0.15, 0.2) is 0 Å². The molecule has 1 aromatic heterocycles. The number of aromatic nitrogens is 2. The summed E-state index contributed by atoms with van der Waals surface area (Å²) in [5, 5.41) is 4.29. The lowest BCUT2D eigenvalue weighted by Crippen LogP contribution is -2.23. The van der Waals surface area contributed by atoms with Crippen molar-refractivity contribution in [2.45, 2.75) is 25.9 Å². The standard InChI is InChI=1S/C11H20BrN3O2/c1-8(2)15-11(9(12)6-14-15)10(13)7-17-5-4-16-3/h6,8,10H,4-5,7,13H2,1-3H3. The maximum atomic E-state index is 6.10. The molecular formula is C11H20BrN3O2. The third-order valence-corrected chi connectivity index (χ3v) is 2.97. The second kappa shape index (κ2) is 7.10. The van der Waals surface area contributed by atoms with Crippen LogP contribution < -0.4 is 5.73 Å². The van der Waals surface area contributed by atoms with Gasteiger partial charge in [0.2, 0.25) is 0 Å². The molecule has 0 aliphatic rings. The van der Waals surface area contributed by atoms with E-state index in [1.807, 2.05) is 4.68 Å². The van der Waals surface area contributed by atoms with Crippen LogP contribution in [0.5, 0.6) is 0 Å². The SMILES string of the molecule is COCCOCC(N)c1c(Br)cnn1C(C)C. The van der Waals surface area contributed by atoms with Gasteiger partial charge >= 0.3 is 0 Å². The van der Waals surface area contributed by atoms with Gasteiger partial charge in [-0.05, 0) is 29.8 Å². The van der Waals surface area contributed by atoms with Crippen LogP contribution in [-0.4, -0.2) is 36.7 Å². The van der Waals surface area contributed by atoms with Crippen LogP contribution in [0.2, 0.25) is 0 Å². The van der Waals surface area contributed by atoms with Crippen LogP contribution >= 0.6 is 15.9 Å². The van der Waals surface area contributed by atoms with Crippen LogP contribution in [0.4, 0.5) is 0 Å². The summed E-state index contributed by atoms with van der Waals surface area (Å²) in [6.45, 7) is 5.73. The minimum atomic E-state index is -0.189. The van der Waals surface area contributed by atoms with Gasteiger partial charge < -0.3 is 15.2 Å². The average Bonchev–Trinajstić information content (AvgIpc) is 2.66. The number of methoxy groups -OCH3 is 1. The topological polar surface area (TPSA) is 62.3 Å². The summed E-state index contributed by atoms with van der Waals surface area (Å²) >= 11 is 3.47. The summed E-state index contributed by atoms with van der Waals surface area (Å²) in [5.41, 5.74) is 7.07. The minimum absolute atomic E-state index is 0.189. The predicted molar refractivity (Wildman–Crippen MR) is 69.9 cm³/mol. The molecule has 0 radical (unpaired) electrons. The monoisotopic (exact) mass is 305 g/mol. The van der Waals surface area contributed by atoms with Crippen molar-refractivity contribution < 1.29 is 9.47 Å². The fourth-order valence-electron chi connectivity index (χ4n) is 1.54. The van der Waals surface area contributed by atoms with Gasteiger partial charge in [0.05, 0.1) is 42.2 Å². The van der Waals surface area contributed by atoms with Crippen LogP contribution in [0.25, 0.3) is 0 Å². The molecule has 1 rings (SSSR count). The molecule has 1 heterocycles. The molecule has 1 aromatic rings. The minimum Gasteiger partial charge on any atom is -0.382 e. The summed E-state index contributed by atoms with van der Waals surface area (Å²) in [5.74, 6) is 0. The van der Waals surface area contributed by atoms with Gasteiger partial charge in [0.25, 0.3) is 0 Å². The van der Waals surface area contributed by atoms with Gasteiger partial charge in [-0.25, -0.2) is 0 Å². The predicted octanol–water partition coefficient (Wildman–Crippen LogP) is 1.89. The maximum absolute atomic E-state index is 6.10. The lowest BCUT2D eigenvalue weighted by molar-refractivity contribution is 0.0623. The van der Waals surface area contributed by atoms with Crippen molar-refractivity contribution in [3.8, 4) is 0 Å². The zero-order chi connectivity index (χ0) is 12.8. The first-order valence-corrected chi connectivity index (χ1v) is 6.42. The fraction of sp³-hybridized carbons (Fsp3) is 0.727. The molecule has 0 fully saturated rings. The van der Waals surface area contributed by atoms with E-state index < -0.39 is 0 Å². The molecule has 2 N–H and O–H groups in total.